The third kappa shape index (κ3) is 4.98. The van der Waals surface area contributed by atoms with Crippen molar-refractivity contribution in [1.29, 1.82) is 0 Å². The zero-order valence-corrected chi connectivity index (χ0v) is 24.2. The molecule has 0 N–H and O–H groups in total. The number of urea groups is 1. The number of likely N-dealkylation sites (tertiary alicyclic amines) is 1. The number of nitrogens with zero attached hydrogens (tertiary/aromatic N) is 5. The maximum atomic E-state index is 13.4. The number of hydrogen-bond donors (Lipinski definition) is 0. The predicted molar refractivity (Wildman–Crippen MR) is 158 cm³/mol. The molecule has 41 heavy (non-hydrogen) atoms. The van der Waals surface area contributed by atoms with E-state index in [-0.39, 0.29) is 18.3 Å². The van der Waals surface area contributed by atoms with E-state index < -0.39 is 11.3 Å². The average Bonchev–Trinajstić information content (AvgIpc) is 3.58. The summed E-state index contributed by atoms with van der Waals surface area (Å²) >= 11 is 1.33. The monoisotopic (exact) mass is 591 g/mol. The third-order valence-corrected chi connectivity index (χ3v) is 9.34. The number of ether oxygens (including phenoxy) is 2. The minimum absolute atomic E-state index is 0. The van der Waals surface area contributed by atoms with Crippen molar-refractivity contribution >= 4 is 41.8 Å². The molecule has 2 aromatic carbocycles. The van der Waals surface area contributed by atoms with Gasteiger partial charge in [-0.25, -0.2) is 14.8 Å². The highest BCUT2D eigenvalue weighted by Crippen LogP contribution is 2.46. The smallest absolute Gasteiger partial charge is 0.350 e. The third-order valence-electron chi connectivity index (χ3n) is 8.16. The van der Waals surface area contributed by atoms with Crippen LogP contribution in [0.2, 0.25) is 0 Å². The molecule has 3 atom stereocenters. The number of methoxy groups -OCH3 is 1. The van der Waals surface area contributed by atoms with Crippen molar-refractivity contribution in [2.24, 2.45) is 10.9 Å². The summed E-state index contributed by atoms with van der Waals surface area (Å²) in [5, 5.41) is 0.0691. The van der Waals surface area contributed by atoms with E-state index in [0.717, 1.165) is 56.1 Å². The zero-order valence-electron chi connectivity index (χ0n) is 22.6. The lowest BCUT2D eigenvalue weighted by atomic mass is 9.86. The van der Waals surface area contributed by atoms with Crippen molar-refractivity contribution < 1.29 is 19.1 Å². The average molecular weight is 592 g/mol. The largest absolute Gasteiger partial charge is 0.496 e. The van der Waals surface area contributed by atoms with Gasteiger partial charge in [0.05, 0.1) is 31.3 Å². The number of thioether (sulfide) groups is 1. The number of halogens is 1. The highest BCUT2D eigenvalue weighted by atomic mass is 35.5. The van der Waals surface area contributed by atoms with Gasteiger partial charge in [-0.2, -0.15) is 4.99 Å². The van der Waals surface area contributed by atoms with Crippen LogP contribution in [0.5, 0.6) is 11.5 Å². The van der Waals surface area contributed by atoms with Crippen LogP contribution >= 0.6 is 24.2 Å². The highest BCUT2D eigenvalue weighted by molar-refractivity contribution is 8.02. The second-order valence-corrected chi connectivity index (χ2v) is 11.7. The Balaban J connectivity index is 0.00000302. The van der Waals surface area contributed by atoms with Crippen molar-refractivity contribution in [3.05, 3.63) is 66.0 Å². The van der Waals surface area contributed by atoms with Crippen LogP contribution < -0.4 is 9.47 Å². The van der Waals surface area contributed by atoms with Crippen LogP contribution in [0, 0.1) is 5.92 Å². The molecular weight excluding hydrogens is 562 g/mol. The van der Waals surface area contributed by atoms with Gasteiger partial charge in [0.25, 0.3) is 0 Å². The van der Waals surface area contributed by atoms with E-state index in [4.69, 9.17) is 14.5 Å². The lowest BCUT2D eigenvalue weighted by Gasteiger charge is -2.29. The molecule has 0 bridgehead atoms. The number of aliphatic imine (C=N–C) groups is 1. The number of carbonyl (C=O) groups is 2. The Morgan fingerprint density at radius 2 is 1.88 bits per heavy atom. The van der Waals surface area contributed by atoms with Crippen LogP contribution in [0.25, 0.3) is 11.3 Å². The van der Waals surface area contributed by atoms with Crippen molar-refractivity contribution in [2.75, 3.05) is 39.9 Å². The number of carbonyl (C=O) groups excluding carboxylic acids is 2. The van der Waals surface area contributed by atoms with Crippen LogP contribution in [0.4, 0.5) is 4.79 Å². The van der Waals surface area contributed by atoms with Gasteiger partial charge in [0.1, 0.15) is 27.5 Å². The molecule has 3 aromatic rings. The first-order chi connectivity index (χ1) is 19.6. The minimum Gasteiger partial charge on any atom is -0.496 e. The van der Waals surface area contributed by atoms with Gasteiger partial charge in [0.2, 0.25) is 5.91 Å². The first-order valence-corrected chi connectivity index (χ1v) is 14.5. The Labute approximate surface area is 248 Å². The fourth-order valence-corrected chi connectivity index (χ4v) is 7.29. The number of hydrogen-bond acceptors (Lipinski definition) is 8. The number of fused-ring (bicyclic) bond motifs is 6. The van der Waals surface area contributed by atoms with Crippen molar-refractivity contribution in [3.63, 3.8) is 0 Å². The molecule has 1 fully saturated rings. The number of unbranched alkanes of at least 4 members (excludes halogenated alkanes) is 1. The highest BCUT2D eigenvalue weighted by Gasteiger charge is 2.45. The van der Waals surface area contributed by atoms with Crippen LogP contribution in [0.15, 0.2) is 64.7 Å². The Morgan fingerprint density at radius 3 is 2.71 bits per heavy atom. The maximum absolute atomic E-state index is 13.4. The molecule has 0 radical (unpaired) electrons. The molecule has 1 aromatic heterocycles. The van der Waals surface area contributed by atoms with Gasteiger partial charge in [-0.15, -0.1) is 12.4 Å². The van der Waals surface area contributed by atoms with Crippen LogP contribution in [0.3, 0.4) is 0 Å². The lowest BCUT2D eigenvalue weighted by Crippen LogP contribution is -2.47. The number of aromatic nitrogens is 2. The second kappa shape index (κ2) is 11.4. The molecule has 11 heteroatoms. The lowest BCUT2D eigenvalue weighted by molar-refractivity contribution is -0.126. The molecule has 212 valence electrons. The molecule has 4 aliphatic rings. The molecule has 0 aliphatic carbocycles. The zero-order chi connectivity index (χ0) is 27.2. The second-order valence-electron chi connectivity index (χ2n) is 10.6. The molecule has 7 rings (SSSR count). The summed E-state index contributed by atoms with van der Waals surface area (Å²) in [5.74, 6) is 2.42. The molecule has 3 amide bonds. The first-order valence-electron chi connectivity index (χ1n) is 13.7. The molecule has 9 nitrogen and oxygen atoms in total. The van der Waals surface area contributed by atoms with E-state index in [1.807, 2.05) is 48.5 Å². The van der Waals surface area contributed by atoms with E-state index in [0.29, 0.717) is 40.5 Å². The van der Waals surface area contributed by atoms with E-state index in [1.54, 1.807) is 13.3 Å². The quantitative estimate of drug-likeness (QED) is 0.365. The number of amides is 3. The molecule has 0 spiro atoms. The van der Waals surface area contributed by atoms with Crippen LogP contribution in [-0.2, 0) is 4.79 Å². The fourth-order valence-electron chi connectivity index (χ4n) is 6.19. The predicted octanol–water partition coefficient (Wildman–Crippen LogP) is 4.69. The Morgan fingerprint density at radius 1 is 1.05 bits per heavy atom. The number of benzene rings is 2. The summed E-state index contributed by atoms with van der Waals surface area (Å²) < 4.78 is 11.7. The van der Waals surface area contributed by atoms with E-state index in [9.17, 15) is 9.59 Å². The summed E-state index contributed by atoms with van der Waals surface area (Å²) in [6.07, 6.45) is 3.32. The summed E-state index contributed by atoms with van der Waals surface area (Å²) in [7, 11) is 1.71. The van der Waals surface area contributed by atoms with Gasteiger partial charge in [-0.1, -0.05) is 48.2 Å². The van der Waals surface area contributed by atoms with Crippen LogP contribution in [-0.4, -0.2) is 82.6 Å². The molecule has 5 heterocycles. The summed E-state index contributed by atoms with van der Waals surface area (Å²) in [5.41, 5.74) is 3.76. The molecule has 4 aliphatic heterocycles. The van der Waals surface area contributed by atoms with Gasteiger partial charge in [-0.3, -0.25) is 9.69 Å². The van der Waals surface area contributed by atoms with Crippen molar-refractivity contribution in [1.82, 2.24) is 19.8 Å². The van der Waals surface area contributed by atoms with Gasteiger partial charge in [-0.05, 0) is 31.5 Å². The van der Waals surface area contributed by atoms with E-state index >= 15 is 0 Å². The Bertz CT molecular complexity index is 1510. The SMILES string of the molecule is COc1cccc2c1C1CN(CCCCN3C(=O)N=C4c5nc(-c6ccccc6)cnc5SC4C3=O)CC1CO2.Cl. The maximum Gasteiger partial charge on any atom is 0.350 e. The summed E-state index contributed by atoms with van der Waals surface area (Å²) in [6, 6.07) is 15.2. The molecule has 1 saturated heterocycles. The van der Waals surface area contributed by atoms with E-state index in [2.05, 4.69) is 14.9 Å². The number of rotatable bonds is 7. The fraction of sp³-hybridized carbons (Fsp3) is 0.367. The number of imide groups is 1. The first kappa shape index (κ1) is 27.7. The Hall–Kier alpha value is -3.47. The minimum atomic E-state index is -0.574. The molecular formula is C30H30ClN5O4S. The Kier molecular flexibility index (Phi) is 7.72. The van der Waals surface area contributed by atoms with Gasteiger partial charge < -0.3 is 14.4 Å². The van der Waals surface area contributed by atoms with Crippen LogP contribution in [0.1, 0.15) is 30.0 Å². The van der Waals surface area contributed by atoms with E-state index in [1.165, 1.54) is 22.2 Å². The van der Waals surface area contributed by atoms with Gasteiger partial charge in [0, 0.05) is 42.6 Å². The normalized spacial score (nSPS) is 22.6. The van der Waals surface area contributed by atoms with Gasteiger partial charge in [0.15, 0.2) is 0 Å². The van der Waals surface area contributed by atoms with Crippen molar-refractivity contribution in [2.45, 2.75) is 29.0 Å². The standard InChI is InChI=1S/C30H29N5O4S.ClH/c1-38-22-10-7-11-23-24(22)20-16-34(15-19(20)17-39-23)12-5-6-13-35-29(36)27-25(33-30(35)37)26-28(40-27)31-14-21(32-26)18-8-3-2-4-9-18;/h2-4,7-11,14,19-20,27H,5-6,12-13,15-17H2,1H3;1H. The van der Waals surface area contributed by atoms with Gasteiger partial charge >= 0.3 is 6.03 Å². The molecule has 3 unspecified atom stereocenters. The summed E-state index contributed by atoms with van der Waals surface area (Å²) in [4.78, 5) is 43.6. The topological polar surface area (TPSA) is 97.2 Å². The molecule has 0 saturated carbocycles. The van der Waals surface area contributed by atoms with Crippen molar-refractivity contribution in [3.8, 4) is 22.8 Å². The summed E-state index contributed by atoms with van der Waals surface area (Å²) in [6.45, 7) is 3.91.